The number of hydrogen-bond acceptors (Lipinski definition) is 4. The number of ether oxygens (including phenoxy) is 2. The second-order valence-corrected chi connectivity index (χ2v) is 6.91. The van der Waals surface area contributed by atoms with E-state index < -0.39 is 11.8 Å². The smallest absolute Gasteiger partial charge is 0.276 e. The number of para-hydroxylation sites is 1. The van der Waals surface area contributed by atoms with Gasteiger partial charge in [-0.25, -0.2) is 0 Å². The Morgan fingerprint density at radius 1 is 0.897 bits per heavy atom. The molecule has 3 aromatic carbocycles. The molecule has 0 atom stereocenters. The van der Waals surface area contributed by atoms with Gasteiger partial charge in [-0.05, 0) is 29.8 Å². The first-order valence-corrected chi connectivity index (χ1v) is 9.58. The van der Waals surface area contributed by atoms with Gasteiger partial charge in [-0.3, -0.25) is 20.4 Å². The van der Waals surface area contributed by atoms with E-state index in [2.05, 4.69) is 26.8 Å². The molecular weight excluding hydrogens is 436 g/mol. The maximum absolute atomic E-state index is 12.3. The summed E-state index contributed by atoms with van der Waals surface area (Å²) in [5.41, 5.74) is 6.86. The van der Waals surface area contributed by atoms with Gasteiger partial charge >= 0.3 is 0 Å². The van der Waals surface area contributed by atoms with Crippen molar-refractivity contribution >= 4 is 27.7 Å². The SMILES string of the molecule is COc1ccc(Br)cc1C(=O)NNC(=O)COc1ccccc1-c1ccccc1. The van der Waals surface area contributed by atoms with Crippen LogP contribution in [-0.2, 0) is 4.79 Å². The minimum Gasteiger partial charge on any atom is -0.496 e. The molecule has 0 spiro atoms. The Bertz CT molecular complexity index is 1010. The Kier molecular flexibility index (Phi) is 6.86. The molecule has 2 amide bonds. The number of nitrogens with one attached hydrogen (secondary N) is 2. The molecule has 0 aromatic heterocycles. The highest BCUT2D eigenvalue weighted by atomic mass is 79.9. The van der Waals surface area contributed by atoms with Crippen LogP contribution in [0.1, 0.15) is 10.4 Å². The number of rotatable bonds is 6. The van der Waals surface area contributed by atoms with E-state index >= 15 is 0 Å². The summed E-state index contributed by atoms with van der Waals surface area (Å²) in [6, 6.07) is 22.2. The highest BCUT2D eigenvalue weighted by Crippen LogP contribution is 2.29. The van der Waals surface area contributed by atoms with Crippen molar-refractivity contribution in [1.29, 1.82) is 0 Å². The van der Waals surface area contributed by atoms with Crippen LogP contribution in [0.15, 0.2) is 77.3 Å². The van der Waals surface area contributed by atoms with Gasteiger partial charge in [0.2, 0.25) is 0 Å². The molecule has 0 saturated heterocycles. The van der Waals surface area contributed by atoms with Crippen molar-refractivity contribution in [3.05, 3.63) is 82.8 Å². The summed E-state index contributed by atoms with van der Waals surface area (Å²) in [4.78, 5) is 24.5. The molecule has 0 aliphatic rings. The van der Waals surface area contributed by atoms with E-state index in [1.807, 2.05) is 48.5 Å². The van der Waals surface area contributed by atoms with Crippen molar-refractivity contribution in [2.24, 2.45) is 0 Å². The molecule has 0 unspecified atom stereocenters. The third-order valence-electron chi connectivity index (χ3n) is 4.05. The Labute approximate surface area is 176 Å². The number of amides is 2. The number of benzene rings is 3. The molecule has 0 aliphatic heterocycles. The van der Waals surface area contributed by atoms with Gasteiger partial charge in [0, 0.05) is 10.0 Å². The maximum atomic E-state index is 12.3. The summed E-state index contributed by atoms with van der Waals surface area (Å²) in [5, 5.41) is 0. The van der Waals surface area contributed by atoms with Crippen LogP contribution in [-0.4, -0.2) is 25.5 Å². The molecule has 6 nitrogen and oxygen atoms in total. The van der Waals surface area contributed by atoms with Crippen LogP contribution in [0, 0.1) is 0 Å². The number of halogens is 1. The monoisotopic (exact) mass is 454 g/mol. The average Bonchev–Trinajstić information content (AvgIpc) is 2.76. The van der Waals surface area contributed by atoms with E-state index in [1.165, 1.54) is 7.11 Å². The highest BCUT2D eigenvalue weighted by Gasteiger charge is 2.14. The van der Waals surface area contributed by atoms with Crippen molar-refractivity contribution in [1.82, 2.24) is 10.9 Å². The van der Waals surface area contributed by atoms with Crippen LogP contribution in [0.3, 0.4) is 0 Å². The van der Waals surface area contributed by atoms with Crippen LogP contribution in [0.5, 0.6) is 11.5 Å². The fourth-order valence-corrected chi connectivity index (χ4v) is 3.04. The summed E-state index contributed by atoms with van der Waals surface area (Å²) >= 11 is 3.31. The number of carbonyl (C=O) groups excluding carboxylic acids is 2. The molecule has 7 heteroatoms. The Morgan fingerprint density at radius 3 is 2.38 bits per heavy atom. The normalized spacial score (nSPS) is 10.1. The molecule has 3 aromatic rings. The average molecular weight is 455 g/mol. The van der Waals surface area contributed by atoms with E-state index in [4.69, 9.17) is 9.47 Å². The molecule has 3 rings (SSSR count). The van der Waals surface area contributed by atoms with Crippen molar-refractivity contribution in [2.45, 2.75) is 0 Å². The zero-order valence-electron chi connectivity index (χ0n) is 15.6. The molecule has 148 valence electrons. The molecule has 0 bridgehead atoms. The fraction of sp³-hybridized carbons (Fsp3) is 0.0909. The Morgan fingerprint density at radius 2 is 1.62 bits per heavy atom. The lowest BCUT2D eigenvalue weighted by atomic mass is 10.1. The topological polar surface area (TPSA) is 76.7 Å². The summed E-state index contributed by atoms with van der Waals surface area (Å²) in [6.45, 7) is -0.250. The van der Waals surface area contributed by atoms with Crippen LogP contribution in [0.4, 0.5) is 0 Å². The maximum Gasteiger partial charge on any atom is 0.276 e. The molecule has 0 heterocycles. The minimum atomic E-state index is -0.499. The van der Waals surface area contributed by atoms with Gasteiger partial charge in [0.25, 0.3) is 11.8 Å². The lowest BCUT2D eigenvalue weighted by molar-refractivity contribution is -0.123. The lowest BCUT2D eigenvalue weighted by Crippen LogP contribution is -2.43. The lowest BCUT2D eigenvalue weighted by Gasteiger charge is -2.13. The third-order valence-corrected chi connectivity index (χ3v) is 4.55. The van der Waals surface area contributed by atoms with Gasteiger partial charge in [0.05, 0.1) is 12.7 Å². The molecule has 0 saturated carbocycles. The van der Waals surface area contributed by atoms with Crippen LogP contribution in [0.25, 0.3) is 11.1 Å². The van der Waals surface area contributed by atoms with Crippen LogP contribution < -0.4 is 20.3 Å². The Balaban J connectivity index is 1.59. The summed E-state index contributed by atoms with van der Waals surface area (Å²) < 4.78 is 11.5. The van der Waals surface area contributed by atoms with Crippen LogP contribution >= 0.6 is 15.9 Å². The summed E-state index contributed by atoms with van der Waals surface area (Å²) in [6.07, 6.45) is 0. The van der Waals surface area contributed by atoms with E-state index in [1.54, 1.807) is 24.3 Å². The van der Waals surface area contributed by atoms with E-state index in [-0.39, 0.29) is 12.2 Å². The van der Waals surface area contributed by atoms with Gasteiger partial charge in [-0.15, -0.1) is 0 Å². The van der Waals surface area contributed by atoms with Gasteiger partial charge in [0.1, 0.15) is 11.5 Å². The largest absolute Gasteiger partial charge is 0.496 e. The van der Waals surface area contributed by atoms with Gasteiger partial charge in [-0.1, -0.05) is 64.5 Å². The Hall–Kier alpha value is -3.32. The molecular formula is C22H19BrN2O4. The molecule has 0 radical (unpaired) electrons. The fourth-order valence-electron chi connectivity index (χ4n) is 2.68. The number of methoxy groups -OCH3 is 1. The number of hydrazine groups is 1. The zero-order chi connectivity index (χ0) is 20.6. The van der Waals surface area contributed by atoms with Gasteiger partial charge in [-0.2, -0.15) is 0 Å². The second-order valence-electron chi connectivity index (χ2n) is 6.00. The number of carbonyl (C=O) groups is 2. The predicted octanol–water partition coefficient (Wildman–Crippen LogP) is 3.96. The van der Waals surface area contributed by atoms with E-state index in [0.717, 1.165) is 15.6 Å². The first-order chi connectivity index (χ1) is 14.1. The van der Waals surface area contributed by atoms with Crippen molar-refractivity contribution < 1.29 is 19.1 Å². The predicted molar refractivity (Wildman–Crippen MR) is 114 cm³/mol. The first-order valence-electron chi connectivity index (χ1n) is 8.78. The standard InChI is InChI=1S/C22H19BrN2O4/c1-28-19-12-11-16(23)13-18(19)22(27)25-24-21(26)14-29-20-10-6-5-9-17(20)15-7-3-2-4-8-15/h2-13H,14H2,1H3,(H,24,26)(H,25,27). The molecule has 2 N–H and O–H groups in total. The number of hydrogen-bond donors (Lipinski definition) is 2. The third kappa shape index (κ3) is 5.36. The second kappa shape index (κ2) is 9.75. The summed E-state index contributed by atoms with van der Waals surface area (Å²) in [7, 11) is 1.47. The quantitative estimate of drug-likeness (QED) is 0.552. The summed E-state index contributed by atoms with van der Waals surface area (Å²) in [5.74, 6) is -0.0156. The molecule has 29 heavy (non-hydrogen) atoms. The van der Waals surface area contributed by atoms with Crippen molar-refractivity contribution in [2.75, 3.05) is 13.7 Å². The molecule has 0 fully saturated rings. The van der Waals surface area contributed by atoms with E-state index in [0.29, 0.717) is 11.5 Å². The van der Waals surface area contributed by atoms with Gasteiger partial charge in [0.15, 0.2) is 6.61 Å². The van der Waals surface area contributed by atoms with Gasteiger partial charge < -0.3 is 9.47 Å². The van der Waals surface area contributed by atoms with E-state index in [9.17, 15) is 9.59 Å². The van der Waals surface area contributed by atoms with Crippen molar-refractivity contribution in [3.8, 4) is 22.6 Å². The van der Waals surface area contributed by atoms with Crippen LogP contribution in [0.2, 0.25) is 0 Å². The van der Waals surface area contributed by atoms with Crippen molar-refractivity contribution in [3.63, 3.8) is 0 Å². The zero-order valence-corrected chi connectivity index (χ0v) is 17.2. The highest BCUT2D eigenvalue weighted by molar-refractivity contribution is 9.10. The minimum absolute atomic E-state index is 0.250. The molecule has 0 aliphatic carbocycles. The first kappa shape index (κ1) is 20.4.